The second-order valence-electron chi connectivity index (χ2n) is 17.8. The van der Waals surface area contributed by atoms with Crippen LogP contribution in [0.15, 0.2) is 0 Å². The van der Waals surface area contributed by atoms with Crippen molar-refractivity contribution in [2.45, 2.75) is 156 Å². The van der Waals surface area contributed by atoms with Gasteiger partial charge in [0.1, 0.15) is 12.2 Å². The van der Waals surface area contributed by atoms with Gasteiger partial charge in [0.2, 0.25) is 11.6 Å². The summed E-state index contributed by atoms with van der Waals surface area (Å²) >= 11 is 0. The molecule has 1 heterocycles. The molecule has 0 N–H and O–H groups in total. The summed E-state index contributed by atoms with van der Waals surface area (Å²) in [6.07, 6.45) is 8.77. The number of rotatable bonds is 7. The molecule has 0 radical (unpaired) electrons. The Hall–Kier alpha value is -1.75. The highest BCUT2D eigenvalue weighted by Gasteiger charge is 2.69. The second-order valence-corrected chi connectivity index (χ2v) is 17.8. The van der Waals surface area contributed by atoms with Crippen molar-refractivity contribution < 1.29 is 48.1 Å². The molecule has 10 heteroatoms. The van der Waals surface area contributed by atoms with Crippen LogP contribution in [0.4, 0.5) is 0 Å². The predicted octanol–water partition coefficient (Wildman–Crippen LogP) is 7.71. The molecule has 6 fully saturated rings. The minimum atomic E-state index is -1.03. The van der Waals surface area contributed by atoms with E-state index in [1.54, 1.807) is 0 Å². The lowest BCUT2D eigenvalue weighted by atomic mass is 9.42. The van der Waals surface area contributed by atoms with Crippen molar-refractivity contribution in [1.82, 2.24) is 0 Å². The van der Waals surface area contributed by atoms with Crippen molar-refractivity contribution in [3.05, 3.63) is 0 Å². The topological polar surface area (TPSA) is 116 Å². The van der Waals surface area contributed by atoms with Crippen LogP contribution >= 0.6 is 0 Å². The number of carbonyl (C=O) groups excluding carboxylic acids is 3. The Bertz CT molecular complexity index is 1240. The van der Waals surface area contributed by atoms with Crippen LogP contribution < -0.4 is 0 Å². The maximum atomic E-state index is 12.7. The van der Waals surface area contributed by atoms with Crippen LogP contribution in [0.1, 0.15) is 132 Å². The van der Waals surface area contributed by atoms with Gasteiger partial charge in [-0.3, -0.25) is 14.4 Å². The van der Waals surface area contributed by atoms with E-state index < -0.39 is 11.6 Å². The molecule has 12 atom stereocenters. The van der Waals surface area contributed by atoms with Crippen LogP contribution in [0.2, 0.25) is 0 Å². The highest BCUT2D eigenvalue weighted by Crippen LogP contribution is 2.70. The first-order valence-electron chi connectivity index (χ1n) is 19.2. The lowest BCUT2D eigenvalue weighted by molar-refractivity contribution is -0.673. The first-order chi connectivity index (χ1) is 23.1. The molecule has 0 aromatic carbocycles. The summed E-state index contributed by atoms with van der Waals surface area (Å²) < 4.78 is 17.5. The van der Waals surface area contributed by atoms with Gasteiger partial charge < -0.3 is 14.2 Å². The Morgan fingerprint density at radius 2 is 1.49 bits per heavy atom. The number of esters is 3. The SMILES string of the molecule is COC(=O)CC[C@@H](C)[C@H]1CC[C@H]2[C@@H]3[C@H](OC(C)=O)C[C@@H]4CC5(CC[C@]4(C)[C@H]3C[C@H](OC(C)=O)[C@]12C)OOC1(C[C@H](C)CC[C@H]1C(C)C)OO5. The van der Waals surface area contributed by atoms with Crippen molar-refractivity contribution in [2.24, 2.45) is 64.1 Å². The molecule has 2 spiro atoms. The number of carbonyl (C=O) groups is 3. The molecular formula is C39H62O10. The molecule has 5 aliphatic carbocycles. The van der Waals surface area contributed by atoms with Crippen LogP contribution in [-0.2, 0) is 48.1 Å². The second kappa shape index (κ2) is 13.7. The number of hydrogen-bond donors (Lipinski definition) is 0. The van der Waals surface area contributed by atoms with Gasteiger partial charge >= 0.3 is 17.9 Å². The van der Waals surface area contributed by atoms with Gasteiger partial charge in [0.15, 0.2) is 0 Å². The molecule has 0 aromatic heterocycles. The van der Waals surface area contributed by atoms with E-state index in [0.29, 0.717) is 43.9 Å². The Balaban J connectivity index is 1.27. The molecular weight excluding hydrogens is 628 g/mol. The van der Waals surface area contributed by atoms with E-state index in [4.69, 9.17) is 33.8 Å². The van der Waals surface area contributed by atoms with E-state index in [0.717, 1.165) is 44.9 Å². The fourth-order valence-corrected chi connectivity index (χ4v) is 12.3. The summed E-state index contributed by atoms with van der Waals surface area (Å²) in [7, 11) is 1.43. The minimum Gasteiger partial charge on any atom is -0.469 e. The third-order valence-corrected chi connectivity index (χ3v) is 14.8. The quantitative estimate of drug-likeness (QED) is 0.149. The van der Waals surface area contributed by atoms with Gasteiger partial charge in [-0.25, -0.2) is 0 Å². The van der Waals surface area contributed by atoms with Crippen molar-refractivity contribution in [2.75, 3.05) is 7.11 Å². The van der Waals surface area contributed by atoms with Crippen molar-refractivity contribution in [1.29, 1.82) is 0 Å². The number of ether oxygens (including phenoxy) is 3. The Morgan fingerprint density at radius 3 is 2.12 bits per heavy atom. The zero-order valence-corrected chi connectivity index (χ0v) is 31.4. The lowest BCUT2D eigenvalue weighted by Gasteiger charge is -2.65. The van der Waals surface area contributed by atoms with E-state index in [2.05, 4.69) is 41.5 Å². The molecule has 0 bridgehead atoms. The number of hydrogen-bond acceptors (Lipinski definition) is 10. The normalized spacial score (nSPS) is 46.8. The largest absolute Gasteiger partial charge is 0.469 e. The van der Waals surface area contributed by atoms with Gasteiger partial charge in [0.05, 0.1) is 7.11 Å². The third-order valence-electron chi connectivity index (χ3n) is 14.8. The van der Waals surface area contributed by atoms with Gasteiger partial charge in [0.25, 0.3) is 0 Å². The van der Waals surface area contributed by atoms with Gasteiger partial charge in [-0.15, -0.1) is 0 Å². The number of methoxy groups -OCH3 is 1. The van der Waals surface area contributed by atoms with E-state index in [1.165, 1.54) is 21.0 Å². The summed E-state index contributed by atoms with van der Waals surface area (Å²) in [5.41, 5.74) is -0.432. The molecule has 6 aliphatic rings. The molecule has 0 unspecified atom stereocenters. The predicted molar refractivity (Wildman–Crippen MR) is 179 cm³/mol. The van der Waals surface area contributed by atoms with Gasteiger partial charge in [0, 0.05) is 56.8 Å². The first kappa shape index (κ1) is 37.0. The molecule has 0 amide bonds. The van der Waals surface area contributed by atoms with Gasteiger partial charge in [-0.2, -0.15) is 19.6 Å². The summed E-state index contributed by atoms with van der Waals surface area (Å²) in [6, 6.07) is 0. The number of fused-ring (bicyclic) bond motifs is 5. The maximum absolute atomic E-state index is 12.7. The van der Waals surface area contributed by atoms with Crippen molar-refractivity contribution in [3.8, 4) is 0 Å². The smallest absolute Gasteiger partial charge is 0.305 e. The van der Waals surface area contributed by atoms with Gasteiger partial charge in [-0.1, -0.05) is 48.0 Å². The monoisotopic (exact) mass is 690 g/mol. The molecule has 6 rings (SSSR count). The highest BCUT2D eigenvalue weighted by molar-refractivity contribution is 5.69. The van der Waals surface area contributed by atoms with E-state index in [1.807, 2.05) is 0 Å². The van der Waals surface area contributed by atoms with E-state index in [-0.39, 0.29) is 82.4 Å². The third kappa shape index (κ3) is 6.48. The summed E-state index contributed by atoms with van der Waals surface area (Å²) in [6.45, 7) is 16.5. The van der Waals surface area contributed by atoms with Crippen LogP contribution in [0.25, 0.3) is 0 Å². The molecule has 49 heavy (non-hydrogen) atoms. The lowest BCUT2D eigenvalue weighted by Crippen LogP contribution is -2.65. The summed E-state index contributed by atoms with van der Waals surface area (Å²) in [4.78, 5) is 62.9. The Labute approximate surface area is 293 Å². The van der Waals surface area contributed by atoms with E-state index >= 15 is 0 Å². The maximum Gasteiger partial charge on any atom is 0.305 e. The molecule has 278 valence electrons. The van der Waals surface area contributed by atoms with E-state index in [9.17, 15) is 14.4 Å². The zero-order valence-electron chi connectivity index (χ0n) is 31.4. The Morgan fingerprint density at radius 1 is 0.816 bits per heavy atom. The summed E-state index contributed by atoms with van der Waals surface area (Å²) in [5.74, 6) is -0.594. The van der Waals surface area contributed by atoms with Crippen molar-refractivity contribution in [3.63, 3.8) is 0 Å². The summed E-state index contributed by atoms with van der Waals surface area (Å²) in [5, 5.41) is 0. The molecule has 5 saturated carbocycles. The standard InChI is InChI=1S/C39H62O10/c1-22(2)28-12-10-23(3)20-39(28)48-46-38(47-49-39)17-16-36(7)27(21-38)18-32(44-25(5)40)35-30-14-13-29(24(4)11-15-34(42)43-9)37(30,8)33(19-31(35)36)45-26(6)41/h22-24,27-33,35H,10-21H2,1-9H3/t23-,24-,27-,28+,29-,30+,31+,32-,33+,35+,36+,37-,38?,39?/m1/s1. The van der Waals surface area contributed by atoms with Gasteiger partial charge in [-0.05, 0) is 91.8 Å². The molecule has 1 aliphatic heterocycles. The Kier molecular flexibility index (Phi) is 10.3. The zero-order chi connectivity index (χ0) is 35.5. The van der Waals surface area contributed by atoms with Crippen LogP contribution in [0, 0.1) is 64.1 Å². The fourth-order valence-electron chi connectivity index (χ4n) is 12.3. The average Bonchev–Trinajstić information content (AvgIpc) is 3.40. The van der Waals surface area contributed by atoms with Crippen LogP contribution in [0.3, 0.4) is 0 Å². The molecule has 0 aromatic rings. The highest BCUT2D eigenvalue weighted by atomic mass is 17.4. The molecule has 10 nitrogen and oxygen atoms in total. The first-order valence-corrected chi connectivity index (χ1v) is 19.2. The van der Waals surface area contributed by atoms with Crippen LogP contribution in [0.5, 0.6) is 0 Å². The molecule has 1 saturated heterocycles. The van der Waals surface area contributed by atoms with Crippen LogP contribution in [-0.4, -0.2) is 48.8 Å². The minimum absolute atomic E-state index is 0.109. The fraction of sp³-hybridized carbons (Fsp3) is 0.923. The van der Waals surface area contributed by atoms with Crippen molar-refractivity contribution >= 4 is 17.9 Å². The average molecular weight is 691 g/mol.